The molecule has 1 fully saturated rings. The topological polar surface area (TPSA) is 53.3 Å². The molecule has 0 unspecified atom stereocenters. The van der Waals surface area contributed by atoms with E-state index in [4.69, 9.17) is 5.26 Å². The zero-order valence-corrected chi connectivity index (χ0v) is 11.0. The number of nitriles is 1. The first kappa shape index (κ1) is 14.3. The highest BCUT2D eigenvalue weighted by molar-refractivity contribution is 5.92. The number of hydrogen-bond acceptors (Lipinski definition) is 4. The van der Waals surface area contributed by atoms with Crippen LogP contribution < -0.4 is 4.90 Å². The molecule has 1 heterocycles. The van der Waals surface area contributed by atoms with Gasteiger partial charge in [0.25, 0.3) is 5.92 Å². The molecule has 0 aliphatic carbocycles. The van der Waals surface area contributed by atoms with E-state index in [1.807, 2.05) is 6.07 Å². The molecule has 20 heavy (non-hydrogen) atoms. The molecular weight excluding hydrogens is 266 g/mol. The van der Waals surface area contributed by atoms with Gasteiger partial charge in [-0.3, -0.25) is 0 Å². The zero-order valence-electron chi connectivity index (χ0n) is 11.0. The van der Waals surface area contributed by atoms with Gasteiger partial charge in [0.15, 0.2) is 0 Å². The summed E-state index contributed by atoms with van der Waals surface area (Å²) in [7, 11) is 1.22. The number of hydrogen-bond donors (Lipinski definition) is 0. The number of ether oxygens (including phenoxy) is 1. The number of alkyl halides is 2. The first-order chi connectivity index (χ1) is 9.46. The Labute approximate surface area is 115 Å². The molecule has 2 rings (SSSR count). The smallest absolute Gasteiger partial charge is 0.339 e. The normalized spacial score (nSPS) is 17.4. The van der Waals surface area contributed by atoms with Crippen LogP contribution >= 0.6 is 0 Å². The van der Waals surface area contributed by atoms with Crippen LogP contribution in [-0.2, 0) is 4.74 Å². The Kier molecular flexibility index (Phi) is 3.89. The molecule has 1 aromatic carbocycles. The summed E-state index contributed by atoms with van der Waals surface area (Å²) in [5, 5.41) is 9.06. The molecule has 6 heteroatoms. The predicted molar refractivity (Wildman–Crippen MR) is 68.9 cm³/mol. The van der Waals surface area contributed by atoms with Crippen LogP contribution in [0.15, 0.2) is 18.2 Å². The molecule has 4 nitrogen and oxygen atoms in total. The highest BCUT2D eigenvalue weighted by atomic mass is 19.3. The molecule has 1 aromatic rings. The van der Waals surface area contributed by atoms with Gasteiger partial charge in [-0.1, -0.05) is 0 Å². The quantitative estimate of drug-likeness (QED) is 0.781. The first-order valence-corrected chi connectivity index (χ1v) is 6.22. The molecule has 0 N–H and O–H groups in total. The van der Waals surface area contributed by atoms with E-state index >= 15 is 0 Å². The summed E-state index contributed by atoms with van der Waals surface area (Å²) in [6, 6.07) is 6.35. The van der Waals surface area contributed by atoms with Gasteiger partial charge in [0.05, 0.1) is 24.8 Å². The fourth-order valence-electron chi connectivity index (χ4n) is 2.30. The number of benzene rings is 1. The van der Waals surface area contributed by atoms with E-state index in [-0.39, 0.29) is 24.1 Å². The molecule has 0 atom stereocenters. The second-order valence-corrected chi connectivity index (χ2v) is 4.71. The van der Waals surface area contributed by atoms with E-state index in [1.54, 1.807) is 6.07 Å². The van der Waals surface area contributed by atoms with Crippen molar-refractivity contribution >= 4 is 11.7 Å². The fourth-order valence-corrected chi connectivity index (χ4v) is 2.30. The Morgan fingerprint density at radius 1 is 1.50 bits per heavy atom. The van der Waals surface area contributed by atoms with Crippen LogP contribution in [0.3, 0.4) is 0 Å². The zero-order chi connectivity index (χ0) is 14.8. The van der Waals surface area contributed by atoms with Crippen molar-refractivity contribution in [1.29, 1.82) is 5.26 Å². The second-order valence-electron chi connectivity index (χ2n) is 4.71. The number of methoxy groups -OCH3 is 1. The summed E-state index contributed by atoms with van der Waals surface area (Å²) in [6.07, 6.45) is 0.280. The van der Waals surface area contributed by atoms with Gasteiger partial charge in [-0.15, -0.1) is 0 Å². The first-order valence-electron chi connectivity index (χ1n) is 6.22. The van der Waals surface area contributed by atoms with Crippen LogP contribution in [0.25, 0.3) is 0 Å². The maximum Gasteiger partial charge on any atom is 0.339 e. The number of nitrogens with zero attached hydrogens (tertiary/aromatic N) is 2. The highest BCUT2D eigenvalue weighted by Gasteiger charge is 2.35. The summed E-state index contributed by atoms with van der Waals surface area (Å²) in [6.45, 7) is 0.146. The molecule has 0 radical (unpaired) electrons. The van der Waals surface area contributed by atoms with E-state index in [0.29, 0.717) is 18.7 Å². The van der Waals surface area contributed by atoms with Gasteiger partial charge in [0.1, 0.15) is 6.07 Å². The molecule has 0 spiro atoms. The lowest BCUT2D eigenvalue weighted by Gasteiger charge is -2.34. The van der Waals surface area contributed by atoms with E-state index < -0.39 is 11.9 Å². The van der Waals surface area contributed by atoms with Crippen LogP contribution in [0.2, 0.25) is 0 Å². The third-order valence-electron chi connectivity index (χ3n) is 3.29. The number of piperidine rings is 1. The Bertz CT molecular complexity index is 567. The van der Waals surface area contributed by atoms with Crippen molar-refractivity contribution in [3.63, 3.8) is 0 Å². The van der Waals surface area contributed by atoms with Gasteiger partial charge >= 0.3 is 5.97 Å². The number of anilines is 1. The van der Waals surface area contributed by atoms with E-state index in [2.05, 4.69) is 4.74 Å². The molecule has 0 amide bonds. The van der Waals surface area contributed by atoms with Gasteiger partial charge in [0, 0.05) is 18.7 Å². The minimum absolute atomic E-state index is 0.116. The summed E-state index contributed by atoms with van der Waals surface area (Å²) >= 11 is 0. The van der Waals surface area contributed by atoms with Crippen molar-refractivity contribution in [2.75, 3.05) is 25.1 Å². The lowest BCUT2D eigenvalue weighted by atomic mass is 10.0. The van der Waals surface area contributed by atoms with Gasteiger partial charge in [-0.05, 0) is 24.6 Å². The maximum absolute atomic E-state index is 13.4. The average molecular weight is 280 g/mol. The fraction of sp³-hybridized carbons (Fsp3) is 0.429. The lowest BCUT2D eigenvalue weighted by Crippen LogP contribution is -2.42. The Morgan fingerprint density at radius 3 is 2.85 bits per heavy atom. The Hall–Kier alpha value is -2.16. The molecule has 0 saturated carbocycles. The van der Waals surface area contributed by atoms with E-state index in [1.165, 1.54) is 24.1 Å². The van der Waals surface area contributed by atoms with E-state index in [9.17, 15) is 13.6 Å². The van der Waals surface area contributed by atoms with Crippen LogP contribution in [0, 0.1) is 11.3 Å². The number of halogens is 2. The predicted octanol–water partition coefficient (Wildman–Crippen LogP) is 2.58. The van der Waals surface area contributed by atoms with Gasteiger partial charge < -0.3 is 9.64 Å². The lowest BCUT2D eigenvalue weighted by molar-refractivity contribution is -0.0116. The standard InChI is InChI=1S/C14H14F2N2O2/c1-20-13(19)12-4-3-11(7-10(12)8-17)18-6-2-5-14(15,16)9-18/h3-4,7H,2,5-6,9H2,1H3. The molecule has 0 bridgehead atoms. The van der Waals surface area contributed by atoms with Crippen molar-refractivity contribution in [1.82, 2.24) is 0 Å². The summed E-state index contributed by atoms with van der Waals surface area (Å²) in [4.78, 5) is 13.0. The van der Waals surface area contributed by atoms with Crippen molar-refractivity contribution in [2.45, 2.75) is 18.8 Å². The molecule has 106 valence electrons. The number of rotatable bonds is 2. The Morgan fingerprint density at radius 2 is 2.25 bits per heavy atom. The number of esters is 1. The van der Waals surface area contributed by atoms with Crippen molar-refractivity contribution in [3.05, 3.63) is 29.3 Å². The monoisotopic (exact) mass is 280 g/mol. The third kappa shape index (κ3) is 2.87. The molecular formula is C14H14F2N2O2. The third-order valence-corrected chi connectivity index (χ3v) is 3.29. The molecule has 0 aromatic heterocycles. The SMILES string of the molecule is COC(=O)c1ccc(N2CCCC(F)(F)C2)cc1C#N. The van der Waals surface area contributed by atoms with E-state index in [0.717, 1.165) is 0 Å². The summed E-state index contributed by atoms with van der Waals surface area (Å²) in [5.41, 5.74) is 0.791. The van der Waals surface area contributed by atoms with Gasteiger partial charge in [0.2, 0.25) is 0 Å². The second kappa shape index (κ2) is 5.45. The van der Waals surface area contributed by atoms with Gasteiger partial charge in [-0.25, -0.2) is 13.6 Å². The molecule has 1 aliphatic rings. The minimum atomic E-state index is -2.72. The Balaban J connectivity index is 2.30. The van der Waals surface area contributed by atoms with Crippen molar-refractivity contribution in [3.8, 4) is 6.07 Å². The molecule has 1 aliphatic heterocycles. The number of carbonyl (C=O) groups is 1. The van der Waals surface area contributed by atoms with Crippen LogP contribution in [0.5, 0.6) is 0 Å². The van der Waals surface area contributed by atoms with Crippen LogP contribution in [0.4, 0.5) is 14.5 Å². The van der Waals surface area contributed by atoms with Crippen LogP contribution in [-0.4, -0.2) is 32.1 Å². The summed E-state index contributed by atoms with van der Waals surface area (Å²) < 4.78 is 31.4. The summed E-state index contributed by atoms with van der Waals surface area (Å²) in [5.74, 6) is -3.33. The highest BCUT2D eigenvalue weighted by Crippen LogP contribution is 2.30. The minimum Gasteiger partial charge on any atom is -0.465 e. The van der Waals surface area contributed by atoms with Gasteiger partial charge in [-0.2, -0.15) is 5.26 Å². The van der Waals surface area contributed by atoms with Crippen LogP contribution in [0.1, 0.15) is 28.8 Å². The number of carbonyl (C=O) groups excluding carboxylic acids is 1. The van der Waals surface area contributed by atoms with Crippen molar-refractivity contribution < 1.29 is 18.3 Å². The average Bonchev–Trinajstić information content (AvgIpc) is 2.44. The molecule has 1 saturated heterocycles. The maximum atomic E-state index is 13.4. The van der Waals surface area contributed by atoms with Crippen molar-refractivity contribution in [2.24, 2.45) is 0 Å². The largest absolute Gasteiger partial charge is 0.465 e.